The van der Waals surface area contributed by atoms with E-state index in [0.717, 1.165) is 23.3 Å². The first-order valence-corrected chi connectivity index (χ1v) is 4.86. The Balaban J connectivity index is 1.84. The summed E-state index contributed by atoms with van der Waals surface area (Å²) in [6.07, 6.45) is 3.61. The molecule has 1 aromatic heterocycles. The third kappa shape index (κ3) is 1.89. The van der Waals surface area contributed by atoms with Gasteiger partial charge in [-0.25, -0.2) is 9.97 Å². The van der Waals surface area contributed by atoms with Crippen molar-refractivity contribution in [2.75, 3.05) is 13.2 Å². The number of hydrogen-bond donors (Lipinski definition) is 0. The fourth-order valence-corrected chi connectivity index (χ4v) is 1.41. The molecule has 0 amide bonds. The highest BCUT2D eigenvalue weighted by molar-refractivity contribution is 5.78. The van der Waals surface area contributed by atoms with Gasteiger partial charge in [-0.05, 0) is 18.2 Å². The molecule has 3 rings (SSSR count). The van der Waals surface area contributed by atoms with Crippen molar-refractivity contribution < 1.29 is 9.47 Å². The summed E-state index contributed by atoms with van der Waals surface area (Å²) in [7, 11) is 0. The van der Waals surface area contributed by atoms with Crippen LogP contribution in [0.25, 0.3) is 10.9 Å². The Morgan fingerprint density at radius 2 is 2.40 bits per heavy atom. The van der Waals surface area contributed by atoms with Crippen LogP contribution in [-0.4, -0.2) is 29.3 Å². The van der Waals surface area contributed by atoms with Gasteiger partial charge in [0.15, 0.2) is 0 Å². The fourth-order valence-electron chi connectivity index (χ4n) is 1.41. The summed E-state index contributed by atoms with van der Waals surface area (Å²) in [5.74, 6) is 0.841. The third-order valence-electron chi connectivity index (χ3n) is 2.31. The summed E-state index contributed by atoms with van der Waals surface area (Å²) in [5.41, 5.74) is 0.931. The van der Waals surface area contributed by atoms with E-state index in [2.05, 4.69) is 9.97 Å². The van der Waals surface area contributed by atoms with Gasteiger partial charge in [-0.3, -0.25) is 0 Å². The van der Waals surface area contributed by atoms with Crippen LogP contribution in [0.1, 0.15) is 0 Å². The number of rotatable bonds is 3. The van der Waals surface area contributed by atoms with E-state index in [1.54, 1.807) is 12.5 Å². The van der Waals surface area contributed by atoms with E-state index in [-0.39, 0.29) is 6.10 Å². The molecule has 1 unspecified atom stereocenters. The lowest BCUT2D eigenvalue weighted by Crippen LogP contribution is -2.03. The van der Waals surface area contributed by atoms with Crippen molar-refractivity contribution in [3.05, 3.63) is 30.7 Å². The molecule has 0 N–H and O–H groups in total. The highest BCUT2D eigenvalue weighted by Gasteiger charge is 2.22. The van der Waals surface area contributed by atoms with Crippen LogP contribution in [0.15, 0.2) is 30.7 Å². The van der Waals surface area contributed by atoms with Crippen LogP contribution in [0.3, 0.4) is 0 Å². The zero-order valence-electron chi connectivity index (χ0n) is 8.09. The molecular weight excluding hydrogens is 192 g/mol. The molecule has 4 nitrogen and oxygen atoms in total. The maximum absolute atomic E-state index is 5.56. The van der Waals surface area contributed by atoms with E-state index in [1.807, 2.05) is 18.2 Å². The van der Waals surface area contributed by atoms with Gasteiger partial charge in [0.25, 0.3) is 0 Å². The first-order valence-electron chi connectivity index (χ1n) is 4.86. The minimum Gasteiger partial charge on any atom is -0.491 e. The molecule has 76 valence electrons. The molecule has 1 atom stereocenters. The van der Waals surface area contributed by atoms with Crippen molar-refractivity contribution >= 4 is 10.9 Å². The molecule has 0 bridgehead atoms. The first-order chi connectivity index (χ1) is 7.42. The zero-order valence-corrected chi connectivity index (χ0v) is 8.09. The molecule has 0 aliphatic carbocycles. The second-order valence-electron chi connectivity index (χ2n) is 3.51. The maximum atomic E-state index is 5.56. The molecule has 2 aromatic rings. The molecular formula is C11H10N2O2. The predicted octanol–water partition coefficient (Wildman–Crippen LogP) is 1.41. The molecule has 1 aliphatic rings. The van der Waals surface area contributed by atoms with Gasteiger partial charge < -0.3 is 9.47 Å². The van der Waals surface area contributed by atoms with Crippen molar-refractivity contribution in [1.82, 2.24) is 9.97 Å². The van der Waals surface area contributed by atoms with Crippen LogP contribution >= 0.6 is 0 Å². The van der Waals surface area contributed by atoms with Crippen molar-refractivity contribution in [3.8, 4) is 5.75 Å². The van der Waals surface area contributed by atoms with Crippen LogP contribution in [0.2, 0.25) is 0 Å². The van der Waals surface area contributed by atoms with Crippen molar-refractivity contribution in [1.29, 1.82) is 0 Å². The Kier molecular flexibility index (Phi) is 1.99. The smallest absolute Gasteiger partial charge is 0.120 e. The number of hydrogen-bond acceptors (Lipinski definition) is 4. The summed E-state index contributed by atoms with van der Waals surface area (Å²) in [6.45, 7) is 1.44. The van der Waals surface area contributed by atoms with Crippen molar-refractivity contribution in [2.45, 2.75) is 6.10 Å². The minimum atomic E-state index is 0.285. The molecule has 1 aliphatic heterocycles. The maximum Gasteiger partial charge on any atom is 0.120 e. The fraction of sp³-hybridized carbons (Fsp3) is 0.273. The number of benzene rings is 1. The lowest BCUT2D eigenvalue weighted by Gasteiger charge is -2.04. The molecule has 0 saturated carbocycles. The van der Waals surface area contributed by atoms with E-state index >= 15 is 0 Å². The Morgan fingerprint density at radius 1 is 1.47 bits per heavy atom. The summed E-state index contributed by atoms with van der Waals surface area (Å²) in [4.78, 5) is 8.11. The van der Waals surface area contributed by atoms with Crippen LogP contribution in [0, 0.1) is 0 Å². The first kappa shape index (κ1) is 8.61. The molecule has 15 heavy (non-hydrogen) atoms. The SMILES string of the molecule is c1ncc2cc(OCC3CO3)ccc2n1. The monoisotopic (exact) mass is 202 g/mol. The standard InChI is InChI=1S/C11H10N2O2/c1-2-11-8(4-12-7-13-11)3-9(1)14-5-10-6-15-10/h1-4,7,10H,5-6H2. The van der Waals surface area contributed by atoms with E-state index in [4.69, 9.17) is 9.47 Å². The Bertz CT molecular complexity index is 483. The number of aromatic nitrogens is 2. The summed E-state index contributed by atoms with van der Waals surface area (Å²) in [5, 5.41) is 0.992. The van der Waals surface area contributed by atoms with Crippen LogP contribution in [0.5, 0.6) is 5.75 Å². The molecule has 2 heterocycles. The number of fused-ring (bicyclic) bond motifs is 1. The van der Waals surface area contributed by atoms with E-state index in [1.165, 1.54) is 0 Å². The van der Waals surface area contributed by atoms with Crippen molar-refractivity contribution in [3.63, 3.8) is 0 Å². The van der Waals surface area contributed by atoms with Gasteiger partial charge in [0, 0.05) is 11.6 Å². The topological polar surface area (TPSA) is 47.5 Å². The van der Waals surface area contributed by atoms with Gasteiger partial charge in [0.05, 0.1) is 12.1 Å². The van der Waals surface area contributed by atoms with Crippen molar-refractivity contribution in [2.24, 2.45) is 0 Å². The second-order valence-corrected chi connectivity index (χ2v) is 3.51. The van der Waals surface area contributed by atoms with Gasteiger partial charge in [-0.1, -0.05) is 0 Å². The van der Waals surface area contributed by atoms with Gasteiger partial charge >= 0.3 is 0 Å². The van der Waals surface area contributed by atoms with Gasteiger partial charge in [0.2, 0.25) is 0 Å². The third-order valence-corrected chi connectivity index (χ3v) is 2.31. The largest absolute Gasteiger partial charge is 0.491 e. The molecule has 4 heteroatoms. The molecule has 0 spiro atoms. The van der Waals surface area contributed by atoms with Crippen LogP contribution in [0.4, 0.5) is 0 Å². The normalized spacial score (nSPS) is 19.1. The zero-order chi connectivity index (χ0) is 10.1. The quantitative estimate of drug-likeness (QED) is 0.706. The van der Waals surface area contributed by atoms with Gasteiger partial charge in [0.1, 0.15) is 24.8 Å². The summed E-state index contributed by atoms with van der Waals surface area (Å²) in [6, 6.07) is 5.79. The lowest BCUT2D eigenvalue weighted by molar-refractivity contribution is 0.263. The second kappa shape index (κ2) is 3.47. The lowest BCUT2D eigenvalue weighted by atomic mass is 10.2. The van der Waals surface area contributed by atoms with E-state index in [9.17, 15) is 0 Å². The van der Waals surface area contributed by atoms with Gasteiger partial charge in [-0.2, -0.15) is 0 Å². The average molecular weight is 202 g/mol. The highest BCUT2D eigenvalue weighted by Crippen LogP contribution is 2.19. The average Bonchev–Trinajstić information content (AvgIpc) is 3.10. The molecule has 1 saturated heterocycles. The molecule has 1 fully saturated rings. The van der Waals surface area contributed by atoms with Gasteiger partial charge in [-0.15, -0.1) is 0 Å². The number of nitrogens with zero attached hydrogens (tertiary/aromatic N) is 2. The highest BCUT2D eigenvalue weighted by atomic mass is 16.6. The Morgan fingerprint density at radius 3 is 3.27 bits per heavy atom. The number of epoxide rings is 1. The molecule has 0 radical (unpaired) electrons. The minimum absolute atomic E-state index is 0.285. The van der Waals surface area contributed by atoms with E-state index < -0.39 is 0 Å². The summed E-state index contributed by atoms with van der Waals surface area (Å²) < 4.78 is 10.6. The van der Waals surface area contributed by atoms with E-state index in [0.29, 0.717) is 6.61 Å². The Labute approximate surface area is 86.9 Å². The summed E-state index contributed by atoms with van der Waals surface area (Å²) >= 11 is 0. The molecule has 1 aromatic carbocycles. The predicted molar refractivity (Wildman–Crippen MR) is 54.8 cm³/mol. The van der Waals surface area contributed by atoms with Crippen LogP contribution < -0.4 is 4.74 Å². The Hall–Kier alpha value is -1.68. The number of ether oxygens (including phenoxy) is 2. The van der Waals surface area contributed by atoms with Crippen LogP contribution in [-0.2, 0) is 4.74 Å².